The number of nitrogens with zero attached hydrogens (tertiary/aromatic N) is 2. The number of carbonyl (C=O) groups is 3. The van der Waals surface area contributed by atoms with Gasteiger partial charge in [-0.1, -0.05) is 18.2 Å². The van der Waals surface area contributed by atoms with Crippen LogP contribution in [-0.2, 0) is 9.59 Å². The average Bonchev–Trinajstić information content (AvgIpc) is 3.24. The molecule has 3 aliphatic rings. The number of imide groups is 1. The Balaban J connectivity index is 1.55. The Bertz CT molecular complexity index is 788. The summed E-state index contributed by atoms with van der Waals surface area (Å²) in [7, 11) is 0. The van der Waals surface area contributed by atoms with Crippen LogP contribution in [0.4, 0.5) is 5.69 Å². The van der Waals surface area contributed by atoms with Gasteiger partial charge in [0.15, 0.2) is 0 Å². The van der Waals surface area contributed by atoms with Crippen LogP contribution >= 0.6 is 0 Å². The lowest BCUT2D eigenvalue weighted by Crippen LogP contribution is -2.47. The number of nitro groups is 1. The number of hydrazine groups is 1. The van der Waals surface area contributed by atoms with E-state index in [4.69, 9.17) is 0 Å². The molecular weight excluding hydrogens is 314 g/mol. The molecule has 0 aromatic heterocycles. The van der Waals surface area contributed by atoms with Gasteiger partial charge < -0.3 is 0 Å². The second-order valence-corrected chi connectivity index (χ2v) is 6.26. The van der Waals surface area contributed by atoms with Gasteiger partial charge >= 0.3 is 0 Å². The van der Waals surface area contributed by atoms with Gasteiger partial charge in [-0.3, -0.25) is 29.9 Å². The van der Waals surface area contributed by atoms with Crippen LogP contribution in [-0.4, -0.2) is 27.7 Å². The number of amides is 3. The number of rotatable bonds is 3. The van der Waals surface area contributed by atoms with Crippen molar-refractivity contribution in [2.45, 2.75) is 6.42 Å². The Kier molecular flexibility index (Phi) is 3.02. The van der Waals surface area contributed by atoms with Crippen LogP contribution in [0.15, 0.2) is 36.4 Å². The van der Waals surface area contributed by atoms with E-state index in [1.807, 2.05) is 12.2 Å². The molecule has 8 heteroatoms. The highest BCUT2D eigenvalue weighted by molar-refractivity contribution is 6.08. The molecule has 3 amide bonds. The molecule has 1 saturated heterocycles. The molecule has 2 fully saturated rings. The van der Waals surface area contributed by atoms with Gasteiger partial charge in [0.1, 0.15) is 0 Å². The minimum absolute atomic E-state index is 0.0166. The average molecular weight is 327 g/mol. The molecule has 24 heavy (non-hydrogen) atoms. The largest absolute Gasteiger partial charge is 0.272 e. The number of benzene rings is 1. The molecular formula is C16H13N3O5. The summed E-state index contributed by atoms with van der Waals surface area (Å²) in [6.45, 7) is 0. The van der Waals surface area contributed by atoms with E-state index in [0.29, 0.717) is 0 Å². The highest BCUT2D eigenvalue weighted by Crippen LogP contribution is 2.52. The third-order valence-electron chi connectivity index (χ3n) is 5.00. The normalized spacial score (nSPS) is 29.9. The number of nitro benzene ring substituents is 1. The van der Waals surface area contributed by atoms with Crippen LogP contribution in [0.3, 0.4) is 0 Å². The fourth-order valence-corrected chi connectivity index (χ4v) is 3.94. The van der Waals surface area contributed by atoms with Crippen molar-refractivity contribution in [3.05, 3.63) is 52.1 Å². The third-order valence-corrected chi connectivity index (χ3v) is 5.00. The van der Waals surface area contributed by atoms with E-state index in [0.717, 1.165) is 17.5 Å². The van der Waals surface area contributed by atoms with Crippen molar-refractivity contribution in [2.24, 2.45) is 23.7 Å². The SMILES string of the molecule is O=C(NN1C(=O)[C@@H]2[C@H](C1=O)[C@H]1C=C[C@H]2C1)c1cccc([N+](=O)[O-])c1. The molecule has 0 spiro atoms. The van der Waals surface area contributed by atoms with Crippen molar-refractivity contribution < 1.29 is 19.3 Å². The first-order valence-corrected chi connectivity index (χ1v) is 7.59. The molecule has 1 aliphatic heterocycles. The Hall–Kier alpha value is -3.03. The van der Waals surface area contributed by atoms with Crippen molar-refractivity contribution in [1.29, 1.82) is 0 Å². The lowest BCUT2D eigenvalue weighted by molar-refractivity contribution is -0.384. The number of hydrogen-bond acceptors (Lipinski definition) is 5. The zero-order valence-corrected chi connectivity index (χ0v) is 12.4. The van der Waals surface area contributed by atoms with E-state index < -0.39 is 34.5 Å². The minimum Gasteiger partial charge on any atom is -0.272 e. The van der Waals surface area contributed by atoms with Gasteiger partial charge in [0, 0.05) is 17.7 Å². The lowest BCUT2D eigenvalue weighted by atomic mass is 9.85. The van der Waals surface area contributed by atoms with E-state index in [2.05, 4.69) is 5.43 Å². The first-order chi connectivity index (χ1) is 11.5. The highest BCUT2D eigenvalue weighted by Gasteiger charge is 2.59. The van der Waals surface area contributed by atoms with Crippen molar-refractivity contribution >= 4 is 23.4 Å². The second kappa shape index (κ2) is 4.98. The number of non-ortho nitro benzene ring substituents is 1. The van der Waals surface area contributed by atoms with Crippen molar-refractivity contribution in [3.63, 3.8) is 0 Å². The number of hydrogen-bond donors (Lipinski definition) is 1. The van der Waals surface area contributed by atoms with Gasteiger partial charge in [-0.25, -0.2) is 0 Å². The first kappa shape index (κ1) is 14.6. The van der Waals surface area contributed by atoms with E-state index >= 15 is 0 Å². The van der Waals surface area contributed by atoms with Gasteiger partial charge in [0.2, 0.25) is 0 Å². The van der Waals surface area contributed by atoms with Gasteiger partial charge in [0.05, 0.1) is 16.8 Å². The van der Waals surface area contributed by atoms with E-state index in [-0.39, 0.29) is 23.1 Å². The van der Waals surface area contributed by atoms with E-state index in [1.165, 1.54) is 18.2 Å². The maximum Gasteiger partial charge on any atom is 0.270 e. The summed E-state index contributed by atoms with van der Waals surface area (Å²) in [6.07, 6.45) is 4.73. The predicted octanol–water partition coefficient (Wildman–Crippen LogP) is 1.05. The maximum absolute atomic E-state index is 12.5. The molecule has 1 N–H and O–H groups in total. The molecule has 0 radical (unpaired) electrons. The molecule has 8 nitrogen and oxygen atoms in total. The molecule has 1 aromatic rings. The molecule has 1 aromatic carbocycles. The van der Waals surface area contributed by atoms with Crippen LogP contribution < -0.4 is 5.43 Å². The van der Waals surface area contributed by atoms with Gasteiger partial charge in [0.25, 0.3) is 23.4 Å². The van der Waals surface area contributed by atoms with Crippen LogP contribution in [0, 0.1) is 33.8 Å². The van der Waals surface area contributed by atoms with Crippen LogP contribution in [0.5, 0.6) is 0 Å². The quantitative estimate of drug-likeness (QED) is 0.386. The topological polar surface area (TPSA) is 110 Å². The fraction of sp³-hybridized carbons (Fsp3) is 0.312. The summed E-state index contributed by atoms with van der Waals surface area (Å²) in [5.41, 5.74) is 2.08. The summed E-state index contributed by atoms with van der Waals surface area (Å²) < 4.78 is 0. The Morgan fingerprint density at radius 1 is 1.17 bits per heavy atom. The monoisotopic (exact) mass is 327 g/mol. The standard InChI is InChI=1S/C16H13N3O5/c20-14(10-2-1-3-11(7-10)19(23)24)17-18-15(21)12-8-4-5-9(6-8)13(12)16(18)22/h1-5,7-9,12-13H,6H2,(H,17,20)/t8-,9-,12-,13+/m0/s1. The summed E-state index contributed by atoms with van der Waals surface area (Å²) in [5.74, 6) is -2.23. The van der Waals surface area contributed by atoms with E-state index in [1.54, 1.807) is 0 Å². The Morgan fingerprint density at radius 3 is 2.38 bits per heavy atom. The Labute approximate surface area is 136 Å². The number of nitrogens with one attached hydrogen (secondary N) is 1. The third kappa shape index (κ3) is 1.96. The molecule has 2 bridgehead atoms. The smallest absolute Gasteiger partial charge is 0.270 e. The zero-order valence-electron chi connectivity index (χ0n) is 12.4. The lowest BCUT2D eigenvalue weighted by Gasteiger charge is -2.17. The zero-order chi connectivity index (χ0) is 17.0. The highest BCUT2D eigenvalue weighted by atomic mass is 16.6. The molecule has 2 aliphatic carbocycles. The molecule has 1 heterocycles. The molecule has 0 unspecified atom stereocenters. The first-order valence-electron chi connectivity index (χ1n) is 7.59. The Morgan fingerprint density at radius 2 is 1.79 bits per heavy atom. The number of allylic oxidation sites excluding steroid dienone is 2. The summed E-state index contributed by atoms with van der Waals surface area (Å²) in [5, 5.41) is 11.6. The van der Waals surface area contributed by atoms with Gasteiger partial charge in [-0.05, 0) is 24.3 Å². The van der Waals surface area contributed by atoms with Gasteiger partial charge in [-0.15, -0.1) is 0 Å². The molecule has 4 rings (SSSR count). The minimum atomic E-state index is -0.722. The number of carbonyl (C=O) groups excluding carboxylic acids is 3. The molecule has 4 atom stereocenters. The molecule has 1 saturated carbocycles. The van der Waals surface area contributed by atoms with Crippen LogP contribution in [0.1, 0.15) is 16.8 Å². The summed E-state index contributed by atoms with van der Waals surface area (Å²) in [4.78, 5) is 47.4. The summed E-state index contributed by atoms with van der Waals surface area (Å²) >= 11 is 0. The van der Waals surface area contributed by atoms with Gasteiger partial charge in [-0.2, -0.15) is 5.01 Å². The molecule has 122 valence electrons. The predicted molar refractivity (Wildman–Crippen MR) is 80.1 cm³/mol. The van der Waals surface area contributed by atoms with Crippen LogP contribution in [0.2, 0.25) is 0 Å². The van der Waals surface area contributed by atoms with Crippen LogP contribution in [0.25, 0.3) is 0 Å². The number of fused-ring (bicyclic) bond motifs is 5. The second-order valence-electron chi connectivity index (χ2n) is 6.26. The summed E-state index contributed by atoms with van der Waals surface area (Å²) in [6, 6.07) is 5.13. The van der Waals surface area contributed by atoms with E-state index in [9.17, 15) is 24.5 Å². The fourth-order valence-electron chi connectivity index (χ4n) is 3.94. The van der Waals surface area contributed by atoms with Crippen molar-refractivity contribution in [1.82, 2.24) is 10.4 Å². The maximum atomic E-state index is 12.5. The van der Waals surface area contributed by atoms with Crippen molar-refractivity contribution in [3.8, 4) is 0 Å². The van der Waals surface area contributed by atoms with Crippen molar-refractivity contribution in [2.75, 3.05) is 0 Å².